The molecular formula is C19H28FN3O2S. The second kappa shape index (κ2) is 7.94. The lowest BCUT2D eigenvalue weighted by molar-refractivity contribution is 0.368. The van der Waals surface area contributed by atoms with Gasteiger partial charge in [0.25, 0.3) is 0 Å². The Balaban J connectivity index is 1.74. The number of nitrogens with zero attached hydrogens (tertiary/aromatic N) is 2. The van der Waals surface area contributed by atoms with E-state index >= 15 is 0 Å². The monoisotopic (exact) mass is 381 g/mol. The van der Waals surface area contributed by atoms with Gasteiger partial charge in [0.2, 0.25) is 0 Å². The lowest BCUT2D eigenvalue weighted by Gasteiger charge is -2.33. The normalized spacial score (nSPS) is 23.6. The number of hydrogen-bond acceptors (Lipinski definition) is 3. The molecule has 0 bridgehead atoms. The Bertz CT molecular complexity index is 779. The smallest absolute Gasteiger partial charge is 0.194 e. The van der Waals surface area contributed by atoms with Crippen LogP contribution in [0.2, 0.25) is 0 Å². The SMILES string of the molecule is CCC(C)NC(=NCC1CCS(=O)(=O)C1)N1CCc2ccc(F)cc2C1. The van der Waals surface area contributed by atoms with Gasteiger partial charge in [-0.05, 0) is 55.4 Å². The van der Waals surface area contributed by atoms with Crippen LogP contribution in [0.4, 0.5) is 4.39 Å². The van der Waals surface area contributed by atoms with Gasteiger partial charge in [0, 0.05) is 25.7 Å². The minimum Gasteiger partial charge on any atom is -0.354 e. The Hall–Kier alpha value is -1.63. The molecule has 0 spiro atoms. The lowest BCUT2D eigenvalue weighted by Crippen LogP contribution is -2.47. The average molecular weight is 382 g/mol. The third-order valence-electron chi connectivity index (χ3n) is 5.29. The summed E-state index contributed by atoms with van der Waals surface area (Å²) in [6, 6.07) is 5.26. The number of fused-ring (bicyclic) bond motifs is 1. The highest BCUT2D eigenvalue weighted by Crippen LogP contribution is 2.21. The van der Waals surface area contributed by atoms with Crippen LogP contribution in [0.5, 0.6) is 0 Å². The zero-order chi connectivity index (χ0) is 18.7. The molecule has 0 aromatic heterocycles. The zero-order valence-electron chi connectivity index (χ0n) is 15.5. The Morgan fingerprint density at radius 3 is 2.92 bits per heavy atom. The molecular weight excluding hydrogens is 353 g/mol. The summed E-state index contributed by atoms with van der Waals surface area (Å²) in [5.41, 5.74) is 2.19. The summed E-state index contributed by atoms with van der Waals surface area (Å²) >= 11 is 0. The summed E-state index contributed by atoms with van der Waals surface area (Å²) in [4.78, 5) is 6.90. The molecule has 2 aliphatic heterocycles. The van der Waals surface area contributed by atoms with E-state index < -0.39 is 9.84 Å². The highest BCUT2D eigenvalue weighted by molar-refractivity contribution is 7.91. The zero-order valence-corrected chi connectivity index (χ0v) is 16.4. The van der Waals surface area contributed by atoms with Gasteiger partial charge in [0.05, 0.1) is 11.5 Å². The van der Waals surface area contributed by atoms with Crippen molar-refractivity contribution in [1.82, 2.24) is 10.2 Å². The number of aliphatic imine (C=N–C) groups is 1. The second-order valence-electron chi connectivity index (χ2n) is 7.47. The number of halogens is 1. The van der Waals surface area contributed by atoms with Crippen molar-refractivity contribution >= 4 is 15.8 Å². The highest BCUT2D eigenvalue weighted by atomic mass is 32.2. The molecule has 3 rings (SSSR count). The summed E-state index contributed by atoms with van der Waals surface area (Å²) < 4.78 is 36.9. The largest absolute Gasteiger partial charge is 0.354 e. The van der Waals surface area contributed by atoms with Crippen molar-refractivity contribution in [2.24, 2.45) is 10.9 Å². The maximum atomic E-state index is 13.6. The number of hydrogen-bond donors (Lipinski definition) is 1. The molecule has 26 heavy (non-hydrogen) atoms. The standard InChI is InChI=1S/C19H28FN3O2S/c1-3-14(2)22-19(21-11-15-7-9-26(24,25)13-15)23-8-6-16-4-5-18(20)10-17(16)12-23/h4-5,10,14-15H,3,6-9,11-13H2,1-2H3,(H,21,22). The van der Waals surface area contributed by atoms with E-state index in [0.29, 0.717) is 19.5 Å². The lowest BCUT2D eigenvalue weighted by atomic mass is 10.00. The van der Waals surface area contributed by atoms with Crippen LogP contribution in [-0.2, 0) is 22.8 Å². The van der Waals surface area contributed by atoms with E-state index in [4.69, 9.17) is 4.99 Å². The molecule has 1 fully saturated rings. The molecule has 0 amide bonds. The molecule has 144 valence electrons. The summed E-state index contributed by atoms with van der Waals surface area (Å²) in [6.45, 7) is 6.18. The van der Waals surface area contributed by atoms with E-state index in [1.54, 1.807) is 6.07 Å². The molecule has 2 atom stereocenters. The van der Waals surface area contributed by atoms with Crippen LogP contribution in [0.25, 0.3) is 0 Å². The topological polar surface area (TPSA) is 61.8 Å². The number of guanidine groups is 1. The summed E-state index contributed by atoms with van der Waals surface area (Å²) in [7, 11) is -2.89. The Kier molecular flexibility index (Phi) is 5.85. The number of nitrogens with one attached hydrogen (secondary N) is 1. The van der Waals surface area contributed by atoms with Crippen LogP contribution in [0.1, 0.15) is 37.8 Å². The van der Waals surface area contributed by atoms with Crippen molar-refractivity contribution in [3.8, 4) is 0 Å². The predicted molar refractivity (Wildman–Crippen MR) is 102 cm³/mol. The first kappa shape index (κ1) is 19.1. The molecule has 7 heteroatoms. The minimum absolute atomic E-state index is 0.100. The van der Waals surface area contributed by atoms with Crippen LogP contribution >= 0.6 is 0 Å². The molecule has 2 heterocycles. The second-order valence-corrected chi connectivity index (χ2v) is 9.70. The first-order valence-corrected chi connectivity index (χ1v) is 11.2. The summed E-state index contributed by atoms with van der Waals surface area (Å²) in [5.74, 6) is 1.20. The first-order chi connectivity index (χ1) is 12.4. The van der Waals surface area contributed by atoms with Crippen LogP contribution in [0.3, 0.4) is 0 Å². The van der Waals surface area contributed by atoms with E-state index in [1.807, 2.05) is 6.07 Å². The van der Waals surface area contributed by atoms with Crippen molar-refractivity contribution in [2.75, 3.05) is 24.6 Å². The van der Waals surface area contributed by atoms with Gasteiger partial charge in [0.1, 0.15) is 5.82 Å². The molecule has 1 N–H and O–H groups in total. The first-order valence-electron chi connectivity index (χ1n) is 9.40. The quantitative estimate of drug-likeness (QED) is 0.642. The van der Waals surface area contributed by atoms with Crippen molar-refractivity contribution < 1.29 is 12.8 Å². The third-order valence-corrected chi connectivity index (χ3v) is 7.13. The fraction of sp³-hybridized carbons (Fsp3) is 0.632. The number of rotatable bonds is 4. The Morgan fingerprint density at radius 1 is 1.42 bits per heavy atom. The fourth-order valence-electron chi connectivity index (χ4n) is 3.50. The summed E-state index contributed by atoms with van der Waals surface area (Å²) in [6.07, 6.45) is 2.51. The molecule has 0 radical (unpaired) electrons. The minimum atomic E-state index is -2.89. The van der Waals surface area contributed by atoms with Crippen molar-refractivity contribution in [3.05, 3.63) is 35.1 Å². The molecule has 2 aliphatic rings. The maximum absolute atomic E-state index is 13.6. The third kappa shape index (κ3) is 4.75. The molecule has 1 aromatic rings. The average Bonchev–Trinajstić information content (AvgIpc) is 2.96. The maximum Gasteiger partial charge on any atom is 0.194 e. The van der Waals surface area contributed by atoms with Gasteiger partial charge in [0.15, 0.2) is 15.8 Å². The molecule has 1 aromatic carbocycles. The van der Waals surface area contributed by atoms with Crippen LogP contribution in [0, 0.1) is 11.7 Å². The van der Waals surface area contributed by atoms with Crippen molar-refractivity contribution in [2.45, 2.75) is 45.7 Å². The van der Waals surface area contributed by atoms with E-state index in [2.05, 4.69) is 24.1 Å². The van der Waals surface area contributed by atoms with Crippen molar-refractivity contribution in [1.29, 1.82) is 0 Å². The Morgan fingerprint density at radius 2 is 2.23 bits per heavy atom. The molecule has 2 unspecified atom stereocenters. The van der Waals surface area contributed by atoms with Crippen LogP contribution < -0.4 is 5.32 Å². The van der Waals surface area contributed by atoms with Gasteiger partial charge < -0.3 is 10.2 Å². The van der Waals surface area contributed by atoms with E-state index in [-0.39, 0.29) is 29.3 Å². The van der Waals surface area contributed by atoms with Gasteiger partial charge in [-0.2, -0.15) is 0 Å². The molecule has 0 aliphatic carbocycles. The van der Waals surface area contributed by atoms with Gasteiger partial charge in [-0.25, -0.2) is 12.8 Å². The van der Waals surface area contributed by atoms with E-state index in [9.17, 15) is 12.8 Å². The molecule has 5 nitrogen and oxygen atoms in total. The van der Waals surface area contributed by atoms with Gasteiger partial charge >= 0.3 is 0 Å². The van der Waals surface area contributed by atoms with Gasteiger partial charge in [-0.3, -0.25) is 4.99 Å². The van der Waals surface area contributed by atoms with Crippen LogP contribution in [0.15, 0.2) is 23.2 Å². The van der Waals surface area contributed by atoms with Crippen LogP contribution in [-0.4, -0.2) is 49.9 Å². The fourth-order valence-corrected chi connectivity index (χ4v) is 5.35. The highest BCUT2D eigenvalue weighted by Gasteiger charge is 2.28. The van der Waals surface area contributed by atoms with Crippen molar-refractivity contribution in [3.63, 3.8) is 0 Å². The molecule has 0 saturated carbocycles. The van der Waals surface area contributed by atoms with E-state index in [0.717, 1.165) is 30.9 Å². The predicted octanol–water partition coefficient (Wildman–Crippen LogP) is 2.36. The Labute approximate surface area is 155 Å². The summed E-state index contributed by atoms with van der Waals surface area (Å²) in [5, 5.41) is 3.46. The van der Waals surface area contributed by atoms with E-state index in [1.165, 1.54) is 11.6 Å². The van der Waals surface area contributed by atoms with Gasteiger partial charge in [-0.15, -0.1) is 0 Å². The number of benzene rings is 1. The molecule has 1 saturated heterocycles. The van der Waals surface area contributed by atoms with Gasteiger partial charge in [-0.1, -0.05) is 13.0 Å². The number of sulfone groups is 1.